The van der Waals surface area contributed by atoms with Gasteiger partial charge in [0, 0.05) is 4.47 Å². The number of benzene rings is 1. The first-order chi connectivity index (χ1) is 6.88. The third kappa shape index (κ3) is 4.47. The topological polar surface area (TPSA) is 26.3 Å². The third-order valence-electron chi connectivity index (χ3n) is 1.70. The highest BCUT2D eigenvalue weighted by Crippen LogP contribution is 2.16. The number of carbonyl (C=O) groups excluding carboxylic acids is 1. The van der Waals surface area contributed by atoms with Crippen molar-refractivity contribution in [2.45, 2.75) is 20.8 Å². The van der Waals surface area contributed by atoms with Gasteiger partial charge in [-0.25, -0.2) is 4.79 Å². The first-order valence-electron chi connectivity index (χ1n) is 4.81. The molecule has 0 aliphatic rings. The molecule has 1 aromatic rings. The molecule has 0 spiro atoms. The lowest BCUT2D eigenvalue weighted by molar-refractivity contribution is 0.0367. The van der Waals surface area contributed by atoms with Crippen molar-refractivity contribution in [3.63, 3.8) is 0 Å². The smallest absolute Gasteiger partial charge is 0.338 e. The molecule has 0 amide bonds. The Kier molecular flexibility index (Phi) is 3.91. The van der Waals surface area contributed by atoms with Crippen molar-refractivity contribution in [1.82, 2.24) is 0 Å². The summed E-state index contributed by atoms with van der Waals surface area (Å²) < 4.78 is 6.07. The predicted molar refractivity (Wildman–Crippen MR) is 63.9 cm³/mol. The molecule has 0 saturated heterocycles. The largest absolute Gasteiger partial charge is 0.462 e. The minimum Gasteiger partial charge on any atom is -0.462 e. The lowest BCUT2D eigenvalue weighted by Crippen LogP contribution is -2.18. The molecule has 0 bridgehead atoms. The van der Waals surface area contributed by atoms with Gasteiger partial charge in [-0.15, -0.1) is 0 Å². The molecular formula is C12H15BrO2. The molecule has 1 rings (SSSR count). The maximum atomic E-state index is 11.6. The average molecular weight is 271 g/mol. The molecule has 1 aromatic carbocycles. The van der Waals surface area contributed by atoms with Crippen molar-refractivity contribution >= 4 is 21.9 Å². The van der Waals surface area contributed by atoms with Gasteiger partial charge >= 0.3 is 5.97 Å². The summed E-state index contributed by atoms with van der Waals surface area (Å²) in [6.07, 6.45) is 0. The molecule has 82 valence electrons. The molecule has 0 unspecified atom stereocenters. The van der Waals surface area contributed by atoms with E-state index in [1.165, 1.54) is 0 Å². The molecule has 0 atom stereocenters. The lowest BCUT2D eigenvalue weighted by atomic mass is 9.99. The van der Waals surface area contributed by atoms with E-state index in [1.807, 2.05) is 32.9 Å². The summed E-state index contributed by atoms with van der Waals surface area (Å²) in [5.41, 5.74) is 0.579. The standard InChI is InChI=1S/C12H15BrO2/c1-12(2,3)8-15-11(14)9-5-4-6-10(13)7-9/h4-7H,8H2,1-3H3. The minimum absolute atomic E-state index is 0.00166. The zero-order chi connectivity index (χ0) is 11.5. The third-order valence-corrected chi connectivity index (χ3v) is 2.19. The van der Waals surface area contributed by atoms with E-state index in [1.54, 1.807) is 12.1 Å². The van der Waals surface area contributed by atoms with E-state index in [0.29, 0.717) is 12.2 Å². The second-order valence-corrected chi connectivity index (χ2v) is 5.56. The molecule has 0 aliphatic carbocycles. The number of esters is 1. The van der Waals surface area contributed by atoms with Crippen LogP contribution in [0.2, 0.25) is 0 Å². The van der Waals surface area contributed by atoms with E-state index in [9.17, 15) is 4.79 Å². The molecule has 0 fully saturated rings. The van der Waals surface area contributed by atoms with Crippen molar-refractivity contribution in [1.29, 1.82) is 0 Å². The summed E-state index contributed by atoms with van der Waals surface area (Å²) in [7, 11) is 0. The van der Waals surface area contributed by atoms with E-state index in [0.717, 1.165) is 4.47 Å². The summed E-state index contributed by atoms with van der Waals surface area (Å²) in [4.78, 5) is 11.6. The Bertz CT molecular complexity index is 353. The zero-order valence-electron chi connectivity index (χ0n) is 9.21. The van der Waals surface area contributed by atoms with Gasteiger partial charge in [0.1, 0.15) is 0 Å². The van der Waals surface area contributed by atoms with Gasteiger partial charge in [0.05, 0.1) is 12.2 Å². The van der Waals surface area contributed by atoms with Gasteiger partial charge in [0.25, 0.3) is 0 Å². The van der Waals surface area contributed by atoms with Crippen molar-refractivity contribution in [3.8, 4) is 0 Å². The maximum absolute atomic E-state index is 11.6. The molecule has 3 heteroatoms. The number of carbonyl (C=O) groups is 1. The highest BCUT2D eigenvalue weighted by atomic mass is 79.9. The van der Waals surface area contributed by atoms with E-state index >= 15 is 0 Å². The van der Waals surface area contributed by atoms with Crippen LogP contribution in [0.15, 0.2) is 28.7 Å². The van der Waals surface area contributed by atoms with Gasteiger partial charge in [0.2, 0.25) is 0 Å². The quantitative estimate of drug-likeness (QED) is 0.767. The molecule has 0 aromatic heterocycles. The van der Waals surface area contributed by atoms with Crippen LogP contribution in [-0.4, -0.2) is 12.6 Å². The van der Waals surface area contributed by atoms with Crippen LogP contribution in [0.1, 0.15) is 31.1 Å². The van der Waals surface area contributed by atoms with Crippen LogP contribution in [0.4, 0.5) is 0 Å². The number of hydrogen-bond donors (Lipinski definition) is 0. The molecular weight excluding hydrogens is 256 g/mol. The van der Waals surface area contributed by atoms with Crippen LogP contribution in [0.25, 0.3) is 0 Å². The van der Waals surface area contributed by atoms with E-state index in [2.05, 4.69) is 15.9 Å². The molecule has 2 nitrogen and oxygen atoms in total. The van der Waals surface area contributed by atoms with Crippen LogP contribution in [0.3, 0.4) is 0 Å². The number of ether oxygens (including phenoxy) is 1. The number of rotatable bonds is 2. The fourth-order valence-electron chi connectivity index (χ4n) is 0.981. The fourth-order valence-corrected chi connectivity index (χ4v) is 1.38. The van der Waals surface area contributed by atoms with Crippen molar-refractivity contribution in [2.24, 2.45) is 5.41 Å². The second-order valence-electron chi connectivity index (χ2n) is 4.65. The van der Waals surface area contributed by atoms with E-state index in [4.69, 9.17) is 4.74 Å². The van der Waals surface area contributed by atoms with E-state index < -0.39 is 0 Å². The molecule has 0 aliphatic heterocycles. The van der Waals surface area contributed by atoms with Crippen LogP contribution in [-0.2, 0) is 4.74 Å². The molecule has 0 radical (unpaired) electrons. The summed E-state index contributed by atoms with van der Waals surface area (Å²) in [6, 6.07) is 7.19. The monoisotopic (exact) mass is 270 g/mol. The van der Waals surface area contributed by atoms with Gasteiger partial charge in [-0.1, -0.05) is 42.8 Å². The molecule has 0 heterocycles. The summed E-state index contributed by atoms with van der Waals surface area (Å²) in [5, 5.41) is 0. The Morgan fingerprint density at radius 3 is 2.60 bits per heavy atom. The zero-order valence-corrected chi connectivity index (χ0v) is 10.8. The first-order valence-corrected chi connectivity index (χ1v) is 5.60. The van der Waals surface area contributed by atoms with Crippen LogP contribution >= 0.6 is 15.9 Å². The van der Waals surface area contributed by atoms with E-state index in [-0.39, 0.29) is 11.4 Å². The highest BCUT2D eigenvalue weighted by molar-refractivity contribution is 9.10. The van der Waals surface area contributed by atoms with Crippen LogP contribution < -0.4 is 0 Å². The molecule has 15 heavy (non-hydrogen) atoms. The normalized spacial score (nSPS) is 11.2. The van der Waals surface area contributed by atoms with Crippen LogP contribution in [0, 0.1) is 5.41 Å². The lowest BCUT2D eigenvalue weighted by Gasteiger charge is -2.17. The maximum Gasteiger partial charge on any atom is 0.338 e. The average Bonchev–Trinajstić information content (AvgIpc) is 2.13. The summed E-state index contributed by atoms with van der Waals surface area (Å²) in [6.45, 7) is 6.52. The molecule has 0 N–H and O–H groups in total. The Balaban J connectivity index is 2.62. The Morgan fingerprint density at radius 1 is 1.40 bits per heavy atom. The van der Waals surface area contributed by atoms with Crippen LogP contribution in [0.5, 0.6) is 0 Å². The first kappa shape index (κ1) is 12.2. The number of hydrogen-bond acceptors (Lipinski definition) is 2. The van der Waals surface area contributed by atoms with Gasteiger partial charge in [-0.05, 0) is 23.6 Å². The summed E-state index contributed by atoms with van der Waals surface area (Å²) >= 11 is 3.31. The molecule has 0 saturated carbocycles. The Hall–Kier alpha value is -0.830. The van der Waals surface area contributed by atoms with Crippen molar-refractivity contribution < 1.29 is 9.53 Å². The van der Waals surface area contributed by atoms with Crippen molar-refractivity contribution in [2.75, 3.05) is 6.61 Å². The van der Waals surface area contributed by atoms with Gasteiger partial charge in [-0.2, -0.15) is 0 Å². The van der Waals surface area contributed by atoms with Gasteiger partial charge in [0.15, 0.2) is 0 Å². The summed E-state index contributed by atoms with van der Waals surface area (Å²) in [5.74, 6) is -0.272. The SMILES string of the molecule is CC(C)(C)COC(=O)c1cccc(Br)c1. The van der Waals surface area contributed by atoms with Gasteiger partial charge in [-0.3, -0.25) is 0 Å². The number of halogens is 1. The Labute approximate surface area is 98.8 Å². The fraction of sp³-hybridized carbons (Fsp3) is 0.417. The van der Waals surface area contributed by atoms with Crippen molar-refractivity contribution in [3.05, 3.63) is 34.3 Å². The second kappa shape index (κ2) is 4.79. The Morgan fingerprint density at radius 2 is 2.07 bits per heavy atom. The predicted octanol–water partition coefficient (Wildman–Crippen LogP) is 3.65. The highest BCUT2D eigenvalue weighted by Gasteiger charge is 2.14. The minimum atomic E-state index is -0.272. The van der Waals surface area contributed by atoms with Gasteiger partial charge < -0.3 is 4.74 Å².